The van der Waals surface area contributed by atoms with E-state index in [9.17, 15) is 13.6 Å². The average molecular weight is 507 g/mol. The molecule has 2 aliphatic rings. The van der Waals surface area contributed by atoms with Crippen LogP contribution in [0.15, 0.2) is 23.2 Å². The Kier molecular flexibility index (Phi) is 8.71. The average Bonchev–Trinajstić information content (AvgIpc) is 3.33. The van der Waals surface area contributed by atoms with Crippen molar-refractivity contribution in [1.82, 2.24) is 16.0 Å². The number of carbonyl (C=O) groups excluding carboxylic acids is 1. The Morgan fingerprint density at radius 3 is 2.54 bits per heavy atom. The van der Waals surface area contributed by atoms with Gasteiger partial charge >= 0.3 is 0 Å². The fourth-order valence-corrected chi connectivity index (χ4v) is 3.24. The van der Waals surface area contributed by atoms with E-state index < -0.39 is 11.6 Å². The third-order valence-electron chi connectivity index (χ3n) is 4.82. The molecule has 6 nitrogen and oxygen atoms in total. The van der Waals surface area contributed by atoms with Gasteiger partial charge in [-0.1, -0.05) is 6.07 Å². The lowest BCUT2D eigenvalue weighted by Gasteiger charge is -2.21. The summed E-state index contributed by atoms with van der Waals surface area (Å²) in [7, 11) is 1.68. The van der Waals surface area contributed by atoms with Gasteiger partial charge in [0.1, 0.15) is 17.3 Å². The Balaban J connectivity index is 0.00000280. The van der Waals surface area contributed by atoms with E-state index in [0.29, 0.717) is 38.1 Å². The lowest BCUT2D eigenvalue weighted by molar-refractivity contribution is -0.121. The standard InChI is InChI=1S/C19H27F2N5O.HI/c1-22-19(23-10-3-6-17(27)24-13-7-8-13)25-14-9-11-26(12-14)18-15(20)4-2-5-16(18)21;/h2,4-5,13-14H,3,6-12H2,1H3,(H,24,27)(H2,22,23,25);1H. The molecule has 1 aliphatic carbocycles. The van der Waals surface area contributed by atoms with Crippen LogP contribution in [-0.2, 0) is 4.79 Å². The van der Waals surface area contributed by atoms with Crippen molar-refractivity contribution in [2.24, 2.45) is 4.99 Å². The molecule has 28 heavy (non-hydrogen) atoms. The Morgan fingerprint density at radius 2 is 1.89 bits per heavy atom. The van der Waals surface area contributed by atoms with Crippen LogP contribution in [0, 0.1) is 11.6 Å². The van der Waals surface area contributed by atoms with Crippen LogP contribution in [0.2, 0.25) is 0 Å². The van der Waals surface area contributed by atoms with Crippen molar-refractivity contribution in [2.75, 3.05) is 31.6 Å². The van der Waals surface area contributed by atoms with Gasteiger partial charge in [0, 0.05) is 45.2 Å². The van der Waals surface area contributed by atoms with Crippen LogP contribution in [0.5, 0.6) is 0 Å². The SMILES string of the molecule is CN=C(NCCCC(=O)NC1CC1)NC1CCN(c2c(F)cccc2F)C1.I. The second kappa shape index (κ2) is 10.8. The molecule has 1 aromatic rings. The predicted octanol–water partition coefficient (Wildman–Crippen LogP) is 2.39. The fraction of sp³-hybridized carbons (Fsp3) is 0.579. The topological polar surface area (TPSA) is 68.8 Å². The molecule has 1 unspecified atom stereocenters. The van der Waals surface area contributed by atoms with Gasteiger partial charge in [-0.25, -0.2) is 8.78 Å². The number of hydrogen-bond donors (Lipinski definition) is 3. The van der Waals surface area contributed by atoms with Gasteiger partial charge in [-0.3, -0.25) is 9.79 Å². The first-order chi connectivity index (χ1) is 13.1. The zero-order chi connectivity index (χ0) is 19.2. The monoisotopic (exact) mass is 507 g/mol. The maximum atomic E-state index is 13.9. The molecule has 156 valence electrons. The molecular weight excluding hydrogens is 479 g/mol. The number of rotatable bonds is 7. The fourth-order valence-electron chi connectivity index (χ4n) is 3.24. The van der Waals surface area contributed by atoms with Crippen molar-refractivity contribution < 1.29 is 13.6 Å². The van der Waals surface area contributed by atoms with Crippen LogP contribution in [0.1, 0.15) is 32.1 Å². The molecule has 3 rings (SSSR count). The van der Waals surface area contributed by atoms with Crippen LogP contribution in [-0.4, -0.2) is 50.6 Å². The van der Waals surface area contributed by atoms with Gasteiger partial charge in [0.15, 0.2) is 5.96 Å². The summed E-state index contributed by atoms with van der Waals surface area (Å²) in [5.41, 5.74) is 0.0337. The molecular formula is C19H28F2IN5O. The first-order valence-electron chi connectivity index (χ1n) is 9.52. The summed E-state index contributed by atoms with van der Waals surface area (Å²) in [6, 6.07) is 4.37. The summed E-state index contributed by atoms with van der Waals surface area (Å²) in [5, 5.41) is 9.44. The van der Waals surface area contributed by atoms with E-state index in [2.05, 4.69) is 20.9 Å². The second-order valence-corrected chi connectivity index (χ2v) is 7.09. The largest absolute Gasteiger partial charge is 0.365 e. The molecule has 1 saturated carbocycles. The van der Waals surface area contributed by atoms with Crippen molar-refractivity contribution in [3.8, 4) is 0 Å². The number of benzene rings is 1. The van der Waals surface area contributed by atoms with E-state index in [4.69, 9.17) is 0 Å². The van der Waals surface area contributed by atoms with Crippen molar-refractivity contribution >= 4 is 41.5 Å². The number of halogens is 3. The highest BCUT2D eigenvalue weighted by atomic mass is 127. The summed E-state index contributed by atoms with van der Waals surface area (Å²) in [5.74, 6) is -0.343. The van der Waals surface area contributed by atoms with Gasteiger partial charge in [-0.15, -0.1) is 24.0 Å². The van der Waals surface area contributed by atoms with Crippen LogP contribution in [0.25, 0.3) is 0 Å². The van der Waals surface area contributed by atoms with Gasteiger partial charge in [0.2, 0.25) is 5.91 Å². The van der Waals surface area contributed by atoms with E-state index in [0.717, 1.165) is 25.7 Å². The number of aliphatic imine (C=N–C) groups is 1. The molecule has 0 spiro atoms. The molecule has 1 heterocycles. The molecule has 0 radical (unpaired) electrons. The predicted molar refractivity (Wildman–Crippen MR) is 117 cm³/mol. The number of amides is 1. The van der Waals surface area contributed by atoms with Crippen LogP contribution >= 0.6 is 24.0 Å². The molecule has 9 heteroatoms. The summed E-state index contributed by atoms with van der Waals surface area (Å²) < 4.78 is 27.9. The Hall–Kier alpha value is -1.65. The van der Waals surface area contributed by atoms with Gasteiger partial charge < -0.3 is 20.9 Å². The quantitative estimate of drug-likeness (QED) is 0.230. The minimum atomic E-state index is -0.539. The number of nitrogens with one attached hydrogen (secondary N) is 3. The first-order valence-corrected chi connectivity index (χ1v) is 9.52. The molecule has 0 aromatic heterocycles. The van der Waals surface area contributed by atoms with E-state index in [1.807, 2.05) is 0 Å². The molecule has 1 aromatic carbocycles. The molecule has 2 fully saturated rings. The van der Waals surface area contributed by atoms with Gasteiger partial charge in [-0.05, 0) is 37.8 Å². The summed E-state index contributed by atoms with van der Waals surface area (Å²) in [6.45, 7) is 1.71. The maximum Gasteiger partial charge on any atom is 0.220 e. The molecule has 1 aliphatic heterocycles. The number of guanidine groups is 1. The second-order valence-electron chi connectivity index (χ2n) is 7.09. The summed E-state index contributed by atoms with van der Waals surface area (Å²) in [4.78, 5) is 17.6. The van der Waals surface area contributed by atoms with E-state index in [1.54, 1.807) is 11.9 Å². The smallest absolute Gasteiger partial charge is 0.220 e. The highest BCUT2D eigenvalue weighted by molar-refractivity contribution is 14.0. The number of anilines is 1. The minimum absolute atomic E-state index is 0. The summed E-state index contributed by atoms with van der Waals surface area (Å²) in [6.07, 6.45) is 4.16. The van der Waals surface area contributed by atoms with Crippen LogP contribution in [0.3, 0.4) is 0 Å². The van der Waals surface area contributed by atoms with Crippen molar-refractivity contribution in [2.45, 2.75) is 44.2 Å². The molecule has 0 bridgehead atoms. The molecule has 3 N–H and O–H groups in total. The highest BCUT2D eigenvalue weighted by Crippen LogP contribution is 2.26. The molecule has 1 atom stereocenters. The summed E-state index contributed by atoms with van der Waals surface area (Å²) >= 11 is 0. The van der Waals surface area contributed by atoms with Crippen molar-refractivity contribution in [3.63, 3.8) is 0 Å². The molecule has 1 saturated heterocycles. The Bertz CT molecular complexity index is 679. The number of para-hydroxylation sites is 1. The Labute approximate surface area is 181 Å². The third kappa shape index (κ3) is 6.46. The minimum Gasteiger partial charge on any atom is -0.365 e. The number of carbonyl (C=O) groups is 1. The van der Waals surface area contributed by atoms with Gasteiger partial charge in [0.25, 0.3) is 0 Å². The lowest BCUT2D eigenvalue weighted by Crippen LogP contribution is -2.45. The maximum absolute atomic E-state index is 13.9. The third-order valence-corrected chi connectivity index (χ3v) is 4.82. The number of nitrogens with zero attached hydrogens (tertiary/aromatic N) is 2. The van der Waals surface area contributed by atoms with E-state index in [-0.39, 0.29) is 41.6 Å². The van der Waals surface area contributed by atoms with E-state index >= 15 is 0 Å². The van der Waals surface area contributed by atoms with E-state index in [1.165, 1.54) is 18.2 Å². The van der Waals surface area contributed by atoms with Gasteiger partial charge in [0.05, 0.1) is 0 Å². The number of hydrogen-bond acceptors (Lipinski definition) is 3. The van der Waals surface area contributed by atoms with Crippen molar-refractivity contribution in [1.29, 1.82) is 0 Å². The van der Waals surface area contributed by atoms with Crippen LogP contribution in [0.4, 0.5) is 14.5 Å². The van der Waals surface area contributed by atoms with Gasteiger partial charge in [-0.2, -0.15) is 0 Å². The highest BCUT2D eigenvalue weighted by Gasteiger charge is 2.27. The first kappa shape index (κ1) is 22.6. The Morgan fingerprint density at radius 1 is 1.18 bits per heavy atom. The lowest BCUT2D eigenvalue weighted by atomic mass is 10.2. The van der Waals surface area contributed by atoms with Crippen molar-refractivity contribution in [3.05, 3.63) is 29.8 Å². The zero-order valence-electron chi connectivity index (χ0n) is 16.0. The normalized spacial score (nSPS) is 19.2. The van der Waals surface area contributed by atoms with Crippen LogP contribution < -0.4 is 20.9 Å². The zero-order valence-corrected chi connectivity index (χ0v) is 18.3. The molecule has 1 amide bonds.